The number of furan rings is 1. The summed E-state index contributed by atoms with van der Waals surface area (Å²) in [5, 5.41) is 3.23. The summed E-state index contributed by atoms with van der Waals surface area (Å²) in [6.45, 7) is 5.82. The minimum Gasteiger partial charge on any atom is -0.464 e. The van der Waals surface area contributed by atoms with Crippen LogP contribution in [0.3, 0.4) is 0 Å². The second kappa shape index (κ2) is 6.91. The van der Waals surface area contributed by atoms with Crippen molar-refractivity contribution in [1.82, 2.24) is 5.32 Å². The lowest BCUT2D eigenvalue weighted by Gasteiger charge is -2.04. The lowest BCUT2D eigenvalue weighted by atomic mass is 10.2. The summed E-state index contributed by atoms with van der Waals surface area (Å²) in [5.41, 5.74) is 0. The van der Waals surface area contributed by atoms with E-state index >= 15 is 0 Å². The van der Waals surface area contributed by atoms with Gasteiger partial charge < -0.3 is 9.73 Å². The summed E-state index contributed by atoms with van der Waals surface area (Å²) >= 11 is 0.579. The Labute approximate surface area is 98.8 Å². The Morgan fingerprint density at radius 2 is 2.00 bits per heavy atom. The summed E-state index contributed by atoms with van der Waals surface area (Å²) in [4.78, 5) is 0. The second-order valence-corrected chi connectivity index (χ2v) is 4.94. The van der Waals surface area contributed by atoms with E-state index in [4.69, 9.17) is 4.42 Å². The molecule has 0 aromatic carbocycles. The van der Waals surface area contributed by atoms with Crippen LogP contribution in [0.25, 0.3) is 0 Å². The molecule has 1 heterocycles. The van der Waals surface area contributed by atoms with Crippen LogP contribution in [0.1, 0.15) is 25.4 Å². The molecule has 92 valence electrons. The molecule has 0 spiro atoms. The quantitative estimate of drug-likeness (QED) is 0.801. The average molecular weight is 249 g/mol. The molecule has 16 heavy (non-hydrogen) atoms. The van der Waals surface area contributed by atoms with Crippen molar-refractivity contribution in [3.63, 3.8) is 0 Å². The highest BCUT2D eigenvalue weighted by atomic mass is 32.2. The third kappa shape index (κ3) is 5.51. The average Bonchev–Trinajstić information content (AvgIpc) is 2.62. The van der Waals surface area contributed by atoms with Crippen LogP contribution in [-0.4, -0.2) is 12.3 Å². The molecule has 1 aromatic heterocycles. The Morgan fingerprint density at radius 3 is 2.62 bits per heavy atom. The SMILES string of the molecule is CC(C)CNCc1ccc(CSC(F)F)o1. The Hall–Kier alpha value is -0.550. The molecule has 0 bridgehead atoms. The molecule has 0 amide bonds. The first kappa shape index (κ1) is 13.5. The molecular weight excluding hydrogens is 232 g/mol. The molecule has 0 aliphatic heterocycles. The van der Waals surface area contributed by atoms with Gasteiger partial charge in [0.05, 0.1) is 12.3 Å². The zero-order valence-electron chi connectivity index (χ0n) is 9.50. The Bertz CT molecular complexity index is 302. The van der Waals surface area contributed by atoms with Gasteiger partial charge in [0.25, 0.3) is 5.76 Å². The summed E-state index contributed by atoms with van der Waals surface area (Å²) in [7, 11) is 0. The maximum Gasteiger partial charge on any atom is 0.284 e. The predicted octanol–water partition coefficient (Wildman–Crippen LogP) is 3.48. The van der Waals surface area contributed by atoms with Gasteiger partial charge in [-0.1, -0.05) is 25.6 Å². The van der Waals surface area contributed by atoms with Crippen LogP contribution in [0.4, 0.5) is 8.78 Å². The van der Waals surface area contributed by atoms with E-state index in [1.165, 1.54) is 0 Å². The third-order valence-corrected chi connectivity index (χ3v) is 2.62. The molecule has 0 fully saturated rings. The van der Waals surface area contributed by atoms with Gasteiger partial charge >= 0.3 is 0 Å². The molecule has 0 unspecified atom stereocenters. The predicted molar refractivity (Wildman–Crippen MR) is 62.6 cm³/mol. The molecule has 0 aliphatic carbocycles. The molecule has 1 aromatic rings. The van der Waals surface area contributed by atoms with E-state index in [1.807, 2.05) is 6.07 Å². The Kier molecular flexibility index (Phi) is 5.84. The van der Waals surface area contributed by atoms with Crippen LogP contribution in [0, 0.1) is 5.92 Å². The zero-order valence-corrected chi connectivity index (χ0v) is 10.3. The fourth-order valence-electron chi connectivity index (χ4n) is 1.22. The fourth-order valence-corrected chi connectivity index (χ4v) is 1.67. The van der Waals surface area contributed by atoms with E-state index in [0.717, 1.165) is 12.3 Å². The summed E-state index contributed by atoms with van der Waals surface area (Å²) in [5.74, 6) is -0.129. The van der Waals surface area contributed by atoms with Gasteiger partial charge in [0, 0.05) is 0 Å². The summed E-state index contributed by atoms with van der Waals surface area (Å²) in [6.07, 6.45) is 0. The lowest BCUT2D eigenvalue weighted by Crippen LogP contribution is -2.18. The van der Waals surface area contributed by atoms with E-state index in [-0.39, 0.29) is 5.75 Å². The lowest BCUT2D eigenvalue weighted by molar-refractivity contribution is 0.251. The monoisotopic (exact) mass is 249 g/mol. The normalized spacial score (nSPS) is 11.6. The van der Waals surface area contributed by atoms with Crippen molar-refractivity contribution in [2.75, 3.05) is 6.54 Å². The molecule has 0 saturated heterocycles. The number of rotatable bonds is 7. The molecule has 1 N–H and O–H groups in total. The number of nitrogens with one attached hydrogen (secondary N) is 1. The van der Waals surface area contributed by atoms with Crippen LogP contribution in [0.15, 0.2) is 16.5 Å². The van der Waals surface area contributed by atoms with Crippen LogP contribution in [0.5, 0.6) is 0 Å². The van der Waals surface area contributed by atoms with Gasteiger partial charge in [-0.25, -0.2) is 0 Å². The largest absolute Gasteiger partial charge is 0.464 e. The molecule has 0 radical (unpaired) electrons. The van der Waals surface area contributed by atoms with Crippen LogP contribution in [-0.2, 0) is 12.3 Å². The topological polar surface area (TPSA) is 25.2 Å². The second-order valence-electron chi connectivity index (χ2n) is 3.96. The van der Waals surface area contributed by atoms with Crippen molar-refractivity contribution < 1.29 is 13.2 Å². The molecule has 5 heteroatoms. The standard InChI is InChI=1S/C11H17F2NOS/c1-8(2)5-14-6-9-3-4-10(15-9)7-16-11(12)13/h3-4,8,11,14H,5-7H2,1-2H3. The molecule has 0 saturated carbocycles. The minimum atomic E-state index is -2.34. The molecule has 2 nitrogen and oxygen atoms in total. The van der Waals surface area contributed by atoms with E-state index in [1.54, 1.807) is 6.07 Å². The number of hydrogen-bond acceptors (Lipinski definition) is 3. The van der Waals surface area contributed by atoms with Gasteiger partial charge in [-0.05, 0) is 24.6 Å². The van der Waals surface area contributed by atoms with Crippen molar-refractivity contribution in [3.8, 4) is 0 Å². The van der Waals surface area contributed by atoms with Crippen LogP contribution in [0.2, 0.25) is 0 Å². The molecule has 1 rings (SSSR count). The van der Waals surface area contributed by atoms with Gasteiger partial charge in [0.2, 0.25) is 0 Å². The molecule has 0 aliphatic rings. The first-order valence-electron chi connectivity index (χ1n) is 5.26. The van der Waals surface area contributed by atoms with E-state index in [2.05, 4.69) is 19.2 Å². The number of halogens is 2. The third-order valence-electron chi connectivity index (χ3n) is 1.92. The maximum atomic E-state index is 11.9. The highest BCUT2D eigenvalue weighted by Crippen LogP contribution is 2.21. The van der Waals surface area contributed by atoms with Crippen molar-refractivity contribution in [1.29, 1.82) is 0 Å². The van der Waals surface area contributed by atoms with Crippen molar-refractivity contribution >= 4 is 11.8 Å². The van der Waals surface area contributed by atoms with Gasteiger partial charge in [-0.3, -0.25) is 0 Å². The van der Waals surface area contributed by atoms with Crippen molar-refractivity contribution in [3.05, 3.63) is 23.7 Å². The number of hydrogen-bond donors (Lipinski definition) is 1. The first-order chi connectivity index (χ1) is 7.58. The van der Waals surface area contributed by atoms with Gasteiger partial charge in [0.1, 0.15) is 11.5 Å². The number of alkyl halides is 2. The number of thioether (sulfide) groups is 1. The van der Waals surface area contributed by atoms with E-state index in [9.17, 15) is 8.78 Å². The molecular formula is C11H17F2NOS. The van der Waals surface area contributed by atoms with Gasteiger partial charge in [-0.15, -0.1) is 0 Å². The van der Waals surface area contributed by atoms with Gasteiger partial charge in [-0.2, -0.15) is 8.78 Å². The highest BCUT2D eigenvalue weighted by Gasteiger charge is 2.07. The minimum absolute atomic E-state index is 0.224. The first-order valence-corrected chi connectivity index (χ1v) is 6.31. The maximum absolute atomic E-state index is 11.9. The van der Waals surface area contributed by atoms with Crippen molar-refractivity contribution in [2.24, 2.45) is 5.92 Å². The van der Waals surface area contributed by atoms with E-state index < -0.39 is 5.76 Å². The summed E-state index contributed by atoms with van der Waals surface area (Å²) in [6, 6.07) is 3.58. The van der Waals surface area contributed by atoms with Gasteiger partial charge in [0.15, 0.2) is 0 Å². The highest BCUT2D eigenvalue weighted by molar-refractivity contribution is 7.98. The fraction of sp³-hybridized carbons (Fsp3) is 0.636. The van der Waals surface area contributed by atoms with Crippen molar-refractivity contribution in [2.45, 2.75) is 31.9 Å². The Morgan fingerprint density at radius 1 is 1.31 bits per heavy atom. The smallest absolute Gasteiger partial charge is 0.284 e. The Balaban J connectivity index is 2.28. The molecule has 0 atom stereocenters. The van der Waals surface area contributed by atoms with E-state index in [0.29, 0.717) is 30.0 Å². The van der Waals surface area contributed by atoms with Crippen LogP contribution < -0.4 is 5.32 Å². The zero-order chi connectivity index (χ0) is 12.0. The summed E-state index contributed by atoms with van der Waals surface area (Å²) < 4.78 is 29.3. The van der Waals surface area contributed by atoms with Crippen LogP contribution >= 0.6 is 11.8 Å².